The quantitative estimate of drug-likeness (QED) is 0.459. The molecule has 160 valence electrons. The molecule has 2 aliphatic rings. The number of Topliss-reactive ketones (excluding diaryl/α,β-unsaturated/α-hetero) is 1. The number of ketones is 1. The van der Waals surface area contributed by atoms with Crippen molar-refractivity contribution < 1.29 is 19.2 Å². The number of rotatable bonds is 5. The summed E-state index contributed by atoms with van der Waals surface area (Å²) >= 11 is 0. The molecule has 5 rings (SSSR count). The van der Waals surface area contributed by atoms with Crippen LogP contribution in [0.1, 0.15) is 16.8 Å². The predicted octanol–water partition coefficient (Wildman–Crippen LogP) is 3.73. The molecule has 0 N–H and O–H groups in total. The Bertz CT molecular complexity index is 1160. The number of anilines is 1. The number of nitrogens with zero attached hydrogens (tertiary/aromatic N) is 2. The lowest BCUT2D eigenvalue weighted by Crippen LogP contribution is -2.40. The molecule has 2 aliphatic heterocycles. The molecule has 0 aromatic heterocycles. The van der Waals surface area contributed by atoms with Crippen molar-refractivity contribution in [2.24, 2.45) is 5.92 Å². The summed E-state index contributed by atoms with van der Waals surface area (Å²) in [5.74, 6) is -1.52. The first-order valence-electron chi connectivity index (χ1n) is 10.6. The van der Waals surface area contributed by atoms with Crippen molar-refractivity contribution >= 4 is 23.3 Å². The molecule has 0 bridgehead atoms. The SMILES string of the molecule is CN1O[C@@H]2C(=O)N(c3ccccc3)C(=O)[C@H]2[C@@H]1CC(=O)c1ccc(-c2ccccc2)cc1. The second-order valence-corrected chi connectivity index (χ2v) is 8.08. The number of carbonyl (C=O) groups is 3. The van der Waals surface area contributed by atoms with Gasteiger partial charge in [-0.3, -0.25) is 19.2 Å². The van der Waals surface area contributed by atoms with Gasteiger partial charge < -0.3 is 0 Å². The fourth-order valence-electron chi connectivity index (χ4n) is 4.50. The van der Waals surface area contributed by atoms with Crippen LogP contribution in [0.2, 0.25) is 0 Å². The third-order valence-electron chi connectivity index (χ3n) is 6.18. The summed E-state index contributed by atoms with van der Waals surface area (Å²) < 4.78 is 0. The zero-order valence-electron chi connectivity index (χ0n) is 17.5. The zero-order valence-corrected chi connectivity index (χ0v) is 17.5. The van der Waals surface area contributed by atoms with E-state index in [1.807, 2.05) is 48.5 Å². The first kappa shape index (κ1) is 20.3. The average Bonchev–Trinajstić information content (AvgIpc) is 3.28. The maximum atomic E-state index is 13.2. The van der Waals surface area contributed by atoms with Crippen LogP contribution in [0.4, 0.5) is 5.69 Å². The van der Waals surface area contributed by atoms with Gasteiger partial charge in [0.05, 0.1) is 17.6 Å². The zero-order chi connectivity index (χ0) is 22.2. The van der Waals surface area contributed by atoms with Gasteiger partial charge in [-0.2, -0.15) is 5.06 Å². The number of benzene rings is 3. The average molecular weight is 426 g/mol. The third-order valence-corrected chi connectivity index (χ3v) is 6.18. The van der Waals surface area contributed by atoms with Crippen LogP contribution in [0.25, 0.3) is 11.1 Å². The first-order chi connectivity index (χ1) is 15.5. The molecule has 2 heterocycles. The van der Waals surface area contributed by atoms with Crippen molar-refractivity contribution in [2.75, 3.05) is 11.9 Å². The number of hydrogen-bond acceptors (Lipinski definition) is 5. The molecule has 3 aromatic carbocycles. The minimum Gasteiger partial charge on any atom is -0.294 e. The van der Waals surface area contributed by atoms with Crippen molar-refractivity contribution in [3.05, 3.63) is 90.5 Å². The molecule has 2 amide bonds. The lowest BCUT2D eigenvalue weighted by atomic mass is 9.91. The minimum atomic E-state index is -0.897. The van der Waals surface area contributed by atoms with Crippen LogP contribution < -0.4 is 4.90 Å². The van der Waals surface area contributed by atoms with Crippen LogP contribution in [0.5, 0.6) is 0 Å². The van der Waals surface area contributed by atoms with Crippen LogP contribution >= 0.6 is 0 Å². The first-order valence-corrected chi connectivity index (χ1v) is 10.6. The molecular formula is C26H22N2O4. The molecule has 0 radical (unpaired) electrons. The molecule has 2 saturated heterocycles. The molecule has 6 heteroatoms. The second kappa shape index (κ2) is 8.15. The fraction of sp³-hybridized carbons (Fsp3) is 0.192. The van der Waals surface area contributed by atoms with Gasteiger partial charge in [-0.05, 0) is 23.3 Å². The van der Waals surface area contributed by atoms with E-state index in [2.05, 4.69) is 0 Å². The summed E-state index contributed by atoms with van der Waals surface area (Å²) in [6, 6.07) is 25.7. The summed E-state index contributed by atoms with van der Waals surface area (Å²) in [6.45, 7) is 0. The summed E-state index contributed by atoms with van der Waals surface area (Å²) in [7, 11) is 1.67. The van der Waals surface area contributed by atoms with Crippen molar-refractivity contribution in [1.29, 1.82) is 0 Å². The Labute approximate surface area is 186 Å². The molecule has 32 heavy (non-hydrogen) atoms. The molecule has 0 unspecified atom stereocenters. The van der Waals surface area contributed by atoms with E-state index >= 15 is 0 Å². The van der Waals surface area contributed by atoms with E-state index in [4.69, 9.17) is 4.84 Å². The highest BCUT2D eigenvalue weighted by molar-refractivity contribution is 6.23. The molecule has 6 nitrogen and oxygen atoms in total. The monoisotopic (exact) mass is 426 g/mol. The van der Waals surface area contributed by atoms with E-state index in [-0.39, 0.29) is 24.0 Å². The highest BCUT2D eigenvalue weighted by Crippen LogP contribution is 2.39. The van der Waals surface area contributed by atoms with Gasteiger partial charge in [-0.25, -0.2) is 4.90 Å². The maximum Gasteiger partial charge on any atom is 0.265 e. The molecule has 0 aliphatic carbocycles. The van der Waals surface area contributed by atoms with E-state index in [1.54, 1.807) is 43.4 Å². The number of hydroxylamine groups is 2. The Morgan fingerprint density at radius 2 is 1.41 bits per heavy atom. The number of amides is 2. The van der Waals surface area contributed by atoms with Gasteiger partial charge in [-0.1, -0.05) is 72.8 Å². The lowest BCUT2D eigenvalue weighted by Gasteiger charge is -2.23. The number of para-hydroxylation sites is 1. The summed E-state index contributed by atoms with van der Waals surface area (Å²) in [6.07, 6.45) is -0.810. The third kappa shape index (κ3) is 3.43. The number of fused-ring (bicyclic) bond motifs is 1. The second-order valence-electron chi connectivity index (χ2n) is 8.08. The molecule has 3 aromatic rings. The van der Waals surface area contributed by atoms with Crippen molar-refractivity contribution in [1.82, 2.24) is 5.06 Å². The maximum absolute atomic E-state index is 13.2. The van der Waals surface area contributed by atoms with E-state index in [1.165, 1.54) is 9.96 Å². The normalized spacial score (nSPS) is 22.9. The van der Waals surface area contributed by atoms with Crippen LogP contribution in [-0.4, -0.2) is 41.9 Å². The van der Waals surface area contributed by atoms with Gasteiger partial charge in [0.2, 0.25) is 5.91 Å². The topological polar surface area (TPSA) is 66.9 Å². The predicted molar refractivity (Wildman–Crippen MR) is 120 cm³/mol. The van der Waals surface area contributed by atoms with Gasteiger partial charge in [0.15, 0.2) is 11.9 Å². The number of carbonyl (C=O) groups excluding carboxylic acids is 3. The molecule has 0 spiro atoms. The van der Waals surface area contributed by atoms with Crippen LogP contribution in [0, 0.1) is 5.92 Å². The standard InChI is InChI=1S/C26H22N2O4/c1-27-21(16-22(29)19-14-12-18(13-15-19)17-8-4-2-5-9-17)23-24(32-27)26(31)28(25(23)30)20-10-6-3-7-11-20/h2-15,21,23-24H,16H2,1H3/t21-,23-,24-/m0/s1. The molecule has 3 atom stereocenters. The van der Waals surface area contributed by atoms with Gasteiger partial charge in [0.1, 0.15) is 0 Å². The van der Waals surface area contributed by atoms with Crippen LogP contribution in [0.15, 0.2) is 84.9 Å². The summed E-state index contributed by atoms with van der Waals surface area (Å²) in [5, 5.41) is 1.49. The van der Waals surface area contributed by atoms with Crippen molar-refractivity contribution in [2.45, 2.75) is 18.6 Å². The van der Waals surface area contributed by atoms with E-state index in [9.17, 15) is 14.4 Å². The van der Waals surface area contributed by atoms with Gasteiger partial charge in [0, 0.05) is 19.0 Å². The summed E-state index contributed by atoms with van der Waals surface area (Å²) in [4.78, 5) is 46.0. The minimum absolute atomic E-state index is 0.0873. The van der Waals surface area contributed by atoms with Gasteiger partial charge >= 0.3 is 0 Å². The molecule has 2 fully saturated rings. The lowest BCUT2D eigenvalue weighted by molar-refractivity contribution is -0.159. The van der Waals surface area contributed by atoms with Gasteiger partial charge in [0.25, 0.3) is 5.91 Å². The highest BCUT2D eigenvalue weighted by Gasteiger charge is 2.59. The smallest absolute Gasteiger partial charge is 0.265 e. The molecule has 0 saturated carbocycles. The van der Waals surface area contributed by atoms with Crippen molar-refractivity contribution in [3.8, 4) is 11.1 Å². The molecular weight excluding hydrogens is 404 g/mol. The van der Waals surface area contributed by atoms with Crippen LogP contribution in [-0.2, 0) is 14.4 Å². The summed E-state index contributed by atoms with van der Waals surface area (Å²) in [5.41, 5.74) is 3.19. The van der Waals surface area contributed by atoms with Crippen molar-refractivity contribution in [3.63, 3.8) is 0 Å². The Morgan fingerprint density at radius 1 is 0.812 bits per heavy atom. The van der Waals surface area contributed by atoms with E-state index < -0.39 is 18.1 Å². The van der Waals surface area contributed by atoms with E-state index in [0.717, 1.165) is 11.1 Å². The Kier molecular flexibility index (Phi) is 5.17. The Hall–Kier alpha value is -3.61. The van der Waals surface area contributed by atoms with E-state index in [0.29, 0.717) is 11.3 Å². The number of imide groups is 1. The number of hydrogen-bond donors (Lipinski definition) is 0. The van der Waals surface area contributed by atoms with Crippen LogP contribution in [0.3, 0.4) is 0 Å². The largest absolute Gasteiger partial charge is 0.294 e. The van der Waals surface area contributed by atoms with Gasteiger partial charge in [-0.15, -0.1) is 0 Å². The Morgan fingerprint density at radius 3 is 2.06 bits per heavy atom. The highest BCUT2D eigenvalue weighted by atomic mass is 16.7. The Balaban J connectivity index is 1.34. The fourth-order valence-corrected chi connectivity index (χ4v) is 4.50.